The Morgan fingerprint density at radius 1 is 1.26 bits per heavy atom. The van der Waals surface area contributed by atoms with Crippen LogP contribution in [-0.4, -0.2) is 43.1 Å². The number of amidine groups is 1. The fourth-order valence-corrected chi connectivity index (χ4v) is 6.05. The molecule has 27 heavy (non-hydrogen) atoms. The molecule has 0 aromatic carbocycles. The Hall–Kier alpha value is -1.86. The maximum absolute atomic E-state index is 13.1. The predicted molar refractivity (Wildman–Crippen MR) is 105 cm³/mol. The average molecular weight is 389 g/mol. The van der Waals surface area contributed by atoms with Crippen molar-refractivity contribution in [3.8, 4) is 0 Å². The number of aliphatic imine (C=N–C) groups is 1. The van der Waals surface area contributed by atoms with Crippen LogP contribution in [0.25, 0.3) is 0 Å². The van der Waals surface area contributed by atoms with Gasteiger partial charge in [-0.15, -0.1) is 0 Å². The van der Waals surface area contributed by atoms with Crippen LogP contribution in [0.15, 0.2) is 40.3 Å². The standard InChI is InChI=1S/C20H25N3O3S/c1-15-7-5-10-17(13-15)27(25,26)23-12-6-11-20(14-23)19(24)21-18(22-20)16-8-3-2-4-9-16/h5,7,10,13,16H,1-4,6,8-9,11-12,14H2/p+1. The van der Waals surface area contributed by atoms with Crippen molar-refractivity contribution in [3.63, 3.8) is 0 Å². The fraction of sp³-hybridized carbons (Fsp3) is 0.550. The first kappa shape index (κ1) is 18.5. The van der Waals surface area contributed by atoms with Crippen LogP contribution in [0.2, 0.25) is 0 Å². The summed E-state index contributed by atoms with van der Waals surface area (Å²) in [6.07, 6.45) is 13.5. The molecule has 0 aromatic heterocycles. The highest BCUT2D eigenvalue weighted by Crippen LogP contribution is 2.35. The van der Waals surface area contributed by atoms with E-state index in [9.17, 15) is 13.2 Å². The van der Waals surface area contributed by atoms with E-state index in [-0.39, 0.29) is 17.4 Å². The Bertz CT molecular complexity index is 850. The number of carbonyl (C=O) groups is 1. The Morgan fingerprint density at radius 2 is 2.04 bits per heavy atom. The summed E-state index contributed by atoms with van der Waals surface area (Å²) in [5, 5.41) is 2.98. The molecule has 4 rings (SSSR count). The molecule has 1 amide bonds. The predicted octanol–water partition coefficient (Wildman–Crippen LogP) is 2.47. The molecular weight excluding hydrogens is 362 g/mol. The second kappa shape index (κ2) is 6.95. The molecule has 2 fully saturated rings. The van der Waals surface area contributed by atoms with Gasteiger partial charge >= 0.3 is 0 Å². The normalized spacial score (nSPS) is 30.1. The molecular formula is C20H26N3O3S+. The molecule has 6 nitrogen and oxygen atoms in total. The lowest BCUT2D eigenvalue weighted by Crippen LogP contribution is -2.54. The summed E-state index contributed by atoms with van der Waals surface area (Å²) >= 11 is 0. The molecule has 4 aliphatic rings. The number of hydrogen-bond acceptors (Lipinski definition) is 4. The number of nitrogens with zero attached hydrogens (tertiary/aromatic N) is 2. The van der Waals surface area contributed by atoms with E-state index in [4.69, 9.17) is 4.99 Å². The fourth-order valence-electron chi connectivity index (χ4n) is 4.45. The van der Waals surface area contributed by atoms with Crippen LogP contribution in [0.1, 0.15) is 44.9 Å². The van der Waals surface area contributed by atoms with Gasteiger partial charge in [-0.2, -0.15) is 4.31 Å². The van der Waals surface area contributed by atoms with E-state index in [1.54, 1.807) is 24.6 Å². The van der Waals surface area contributed by atoms with Crippen LogP contribution in [0.3, 0.4) is 0 Å². The van der Waals surface area contributed by atoms with Gasteiger partial charge in [0, 0.05) is 37.6 Å². The van der Waals surface area contributed by atoms with Crippen molar-refractivity contribution < 1.29 is 13.2 Å². The summed E-state index contributed by atoms with van der Waals surface area (Å²) in [7, 11) is -3.67. The second-order valence-electron chi connectivity index (χ2n) is 7.91. The van der Waals surface area contributed by atoms with Gasteiger partial charge in [0.25, 0.3) is 15.9 Å². The minimum atomic E-state index is -3.67. The molecule has 2 heterocycles. The number of hydrogen-bond donors (Lipinski definition) is 1. The molecule has 0 bridgehead atoms. The molecule has 2 aliphatic carbocycles. The molecule has 0 radical (unpaired) electrons. The van der Waals surface area contributed by atoms with Crippen LogP contribution >= 0.6 is 0 Å². The molecule has 1 unspecified atom stereocenters. The molecule has 1 saturated carbocycles. The van der Waals surface area contributed by atoms with Crippen molar-refractivity contribution in [2.45, 2.75) is 50.5 Å². The van der Waals surface area contributed by atoms with Crippen molar-refractivity contribution in [2.75, 3.05) is 13.1 Å². The van der Waals surface area contributed by atoms with Crippen LogP contribution < -0.4 is 5.32 Å². The average Bonchev–Trinajstić information content (AvgIpc) is 2.98. The zero-order valence-electron chi connectivity index (χ0n) is 15.5. The van der Waals surface area contributed by atoms with Crippen LogP contribution in [-0.2, 0) is 14.8 Å². The van der Waals surface area contributed by atoms with Gasteiger partial charge in [-0.05, 0) is 32.3 Å². The zero-order chi connectivity index (χ0) is 19.1. The maximum Gasteiger partial charge on any atom is 0.261 e. The highest BCUT2D eigenvalue weighted by molar-refractivity contribution is 7.93. The third-order valence-corrected chi connectivity index (χ3v) is 7.80. The lowest BCUT2D eigenvalue weighted by Gasteiger charge is -2.35. The first-order valence-corrected chi connectivity index (χ1v) is 11.2. The first-order valence-electron chi connectivity index (χ1n) is 9.74. The van der Waals surface area contributed by atoms with Crippen molar-refractivity contribution in [1.29, 1.82) is 0 Å². The first-order chi connectivity index (χ1) is 12.9. The summed E-state index contributed by atoms with van der Waals surface area (Å²) < 4.78 is 27.6. The smallest absolute Gasteiger partial charge is 0.261 e. The quantitative estimate of drug-likeness (QED) is 0.755. The minimum absolute atomic E-state index is 0.110. The number of sulfonamides is 1. The van der Waals surface area contributed by atoms with Gasteiger partial charge in [-0.1, -0.05) is 19.3 Å². The van der Waals surface area contributed by atoms with Crippen molar-refractivity contribution in [2.24, 2.45) is 10.9 Å². The lowest BCUT2D eigenvalue weighted by atomic mass is 9.88. The van der Waals surface area contributed by atoms with E-state index in [1.165, 1.54) is 10.7 Å². The third kappa shape index (κ3) is 3.38. The van der Waals surface area contributed by atoms with Crippen LogP contribution in [0, 0.1) is 12.3 Å². The van der Waals surface area contributed by atoms with Crippen molar-refractivity contribution in [1.82, 2.24) is 9.62 Å². The zero-order valence-corrected chi connectivity index (χ0v) is 16.3. The topological polar surface area (TPSA) is 78.8 Å². The highest BCUT2D eigenvalue weighted by Gasteiger charge is 2.50. The number of piperidine rings is 1. The van der Waals surface area contributed by atoms with E-state index in [2.05, 4.69) is 11.9 Å². The number of amides is 1. The Labute approximate surface area is 161 Å². The summed E-state index contributed by atoms with van der Waals surface area (Å²) in [5.41, 5.74) is -0.320. The third-order valence-electron chi connectivity index (χ3n) is 5.96. The Balaban J connectivity index is 1.58. The molecule has 2 aliphatic heterocycles. The number of allylic oxidation sites excluding steroid dienone is 4. The summed E-state index contributed by atoms with van der Waals surface area (Å²) in [6, 6.07) is 0. The van der Waals surface area contributed by atoms with E-state index in [1.807, 2.05) is 0 Å². The largest absolute Gasteiger partial charge is 0.312 e. The van der Waals surface area contributed by atoms with Crippen LogP contribution in [0.5, 0.6) is 0 Å². The van der Waals surface area contributed by atoms with Crippen molar-refractivity contribution in [3.05, 3.63) is 41.7 Å². The van der Waals surface area contributed by atoms with Crippen LogP contribution in [0.4, 0.5) is 0 Å². The van der Waals surface area contributed by atoms with E-state index >= 15 is 0 Å². The van der Waals surface area contributed by atoms with E-state index < -0.39 is 15.6 Å². The molecule has 1 spiro atoms. The molecule has 1 saturated heterocycles. The SMILES string of the molecule is C=C1C=C(S(=O)(=O)N2CCCC3(C2)N=C(C2CCCCC2)NC3=O)C=C[CH+]1. The van der Waals surface area contributed by atoms with Gasteiger partial charge in [0.2, 0.25) is 0 Å². The minimum Gasteiger partial charge on any atom is -0.312 e. The molecule has 7 heteroatoms. The van der Waals surface area contributed by atoms with Gasteiger partial charge in [0.1, 0.15) is 5.84 Å². The Morgan fingerprint density at radius 3 is 2.78 bits per heavy atom. The Kier molecular flexibility index (Phi) is 4.76. The molecule has 1 atom stereocenters. The highest BCUT2D eigenvalue weighted by atomic mass is 32.2. The lowest BCUT2D eigenvalue weighted by molar-refractivity contribution is -0.124. The molecule has 0 aromatic rings. The number of carbonyl (C=O) groups excluding carboxylic acids is 1. The van der Waals surface area contributed by atoms with Gasteiger partial charge in [-0.25, -0.2) is 8.42 Å². The second-order valence-corrected chi connectivity index (χ2v) is 9.85. The van der Waals surface area contributed by atoms with Gasteiger partial charge in [-0.3, -0.25) is 9.79 Å². The molecule has 144 valence electrons. The van der Waals surface area contributed by atoms with E-state index in [0.29, 0.717) is 30.9 Å². The summed E-state index contributed by atoms with van der Waals surface area (Å²) in [5.74, 6) is 0.935. The maximum atomic E-state index is 13.1. The monoisotopic (exact) mass is 388 g/mol. The summed E-state index contributed by atoms with van der Waals surface area (Å²) in [6.45, 7) is 4.34. The van der Waals surface area contributed by atoms with Gasteiger partial charge in [0.15, 0.2) is 10.4 Å². The van der Waals surface area contributed by atoms with Gasteiger partial charge in [0.05, 0.1) is 11.6 Å². The van der Waals surface area contributed by atoms with Gasteiger partial charge < -0.3 is 5.32 Å². The number of nitrogens with one attached hydrogen (secondary N) is 1. The molecule has 1 N–H and O–H groups in total. The van der Waals surface area contributed by atoms with Crippen molar-refractivity contribution >= 4 is 21.8 Å². The van der Waals surface area contributed by atoms with E-state index in [0.717, 1.165) is 31.5 Å². The summed E-state index contributed by atoms with van der Waals surface area (Å²) in [4.78, 5) is 17.8. The number of rotatable bonds is 3.